The fourth-order valence-corrected chi connectivity index (χ4v) is 6.82. The van der Waals surface area contributed by atoms with Crippen molar-refractivity contribution in [1.29, 1.82) is 5.26 Å². The first-order valence-electron chi connectivity index (χ1n) is 11.0. The maximum atomic E-state index is 13.2. The zero-order chi connectivity index (χ0) is 24.5. The fourth-order valence-electron chi connectivity index (χ4n) is 5.09. The first-order valence-corrected chi connectivity index (χ1v) is 12.8. The number of nitrogens with one attached hydrogen (secondary N) is 2. The van der Waals surface area contributed by atoms with E-state index >= 15 is 0 Å². The highest BCUT2D eigenvalue weighted by atomic mass is 32.2. The van der Waals surface area contributed by atoms with E-state index in [1.165, 1.54) is 23.1 Å². The molecule has 1 saturated heterocycles. The Morgan fingerprint density at radius 3 is 2.71 bits per heavy atom. The normalized spacial score (nSPS) is 23.6. The van der Waals surface area contributed by atoms with Gasteiger partial charge in [-0.05, 0) is 48.3 Å². The Hall–Kier alpha value is -2.97. The van der Waals surface area contributed by atoms with Gasteiger partial charge >= 0.3 is 6.03 Å². The predicted octanol–water partition coefficient (Wildman–Crippen LogP) is 3.78. The zero-order valence-electron chi connectivity index (χ0n) is 19.3. The Balaban J connectivity index is 1.33. The third kappa shape index (κ3) is 5.23. The van der Waals surface area contributed by atoms with Crippen LogP contribution in [-0.4, -0.2) is 45.0 Å². The number of urea groups is 1. The predicted molar refractivity (Wildman–Crippen MR) is 129 cm³/mol. The molecule has 11 heteroatoms. The number of anilines is 1. The molecule has 1 aromatic carbocycles. The second kappa shape index (κ2) is 9.35. The Bertz CT molecular complexity index is 1160. The Labute approximate surface area is 206 Å². The summed E-state index contributed by atoms with van der Waals surface area (Å²) in [4.78, 5) is 39.4. The molecule has 1 aromatic heterocycles. The molecule has 34 heavy (non-hydrogen) atoms. The van der Waals surface area contributed by atoms with E-state index in [9.17, 15) is 14.4 Å². The van der Waals surface area contributed by atoms with Crippen molar-refractivity contribution in [2.45, 2.75) is 55.7 Å². The summed E-state index contributed by atoms with van der Waals surface area (Å²) in [5.41, 5.74) is 0.637. The van der Waals surface area contributed by atoms with E-state index in [4.69, 9.17) is 5.26 Å². The van der Waals surface area contributed by atoms with E-state index in [0.29, 0.717) is 39.5 Å². The number of aromatic nitrogens is 2. The molecule has 2 atom stereocenters. The highest BCUT2D eigenvalue weighted by Crippen LogP contribution is 2.46. The standard InChI is InChI=1S/C23H26N6O3S2/c1-14-8-22(2,3)13-23(9-14)18(31)29(20(32)26-23)11-17(30)25-19-27-28-21(34-19)33-12-16-6-4-15(10-24)5-7-16/h4-7,14H,8-9,11-13H2,1-3H3,(H,26,32)(H,25,27,30)/t14-,23+/m0/s1. The summed E-state index contributed by atoms with van der Waals surface area (Å²) in [6.45, 7) is 5.93. The number of hydrogen-bond donors (Lipinski definition) is 2. The van der Waals surface area contributed by atoms with Crippen LogP contribution in [0.3, 0.4) is 0 Å². The van der Waals surface area contributed by atoms with Crippen LogP contribution in [0.2, 0.25) is 0 Å². The molecule has 2 aliphatic rings. The zero-order valence-corrected chi connectivity index (χ0v) is 20.9. The Kier molecular flexibility index (Phi) is 6.64. The van der Waals surface area contributed by atoms with Crippen LogP contribution in [0.1, 0.15) is 51.2 Å². The van der Waals surface area contributed by atoms with E-state index in [-0.39, 0.29) is 17.9 Å². The molecule has 4 amide bonds. The van der Waals surface area contributed by atoms with Crippen molar-refractivity contribution >= 4 is 46.1 Å². The van der Waals surface area contributed by atoms with Crippen LogP contribution in [0, 0.1) is 22.7 Å². The minimum Gasteiger partial charge on any atom is -0.323 e. The third-order valence-corrected chi connectivity index (χ3v) is 8.07. The van der Waals surface area contributed by atoms with Crippen LogP contribution in [-0.2, 0) is 15.3 Å². The van der Waals surface area contributed by atoms with E-state index in [1.807, 2.05) is 12.1 Å². The summed E-state index contributed by atoms with van der Waals surface area (Å²) in [6, 6.07) is 8.85. The first kappa shape index (κ1) is 24.2. The lowest BCUT2D eigenvalue weighted by atomic mass is 9.64. The molecule has 2 N–H and O–H groups in total. The van der Waals surface area contributed by atoms with Crippen molar-refractivity contribution in [3.05, 3.63) is 35.4 Å². The minimum absolute atomic E-state index is 0.0722. The van der Waals surface area contributed by atoms with Gasteiger partial charge in [0.15, 0.2) is 4.34 Å². The van der Waals surface area contributed by atoms with Crippen LogP contribution >= 0.6 is 23.1 Å². The van der Waals surface area contributed by atoms with Gasteiger partial charge in [-0.15, -0.1) is 10.2 Å². The second-order valence-electron chi connectivity index (χ2n) is 9.78. The molecular weight excluding hydrogens is 472 g/mol. The largest absolute Gasteiger partial charge is 0.325 e. The number of hydrogen-bond acceptors (Lipinski definition) is 8. The van der Waals surface area contributed by atoms with Gasteiger partial charge in [0.25, 0.3) is 5.91 Å². The molecule has 0 bridgehead atoms. The van der Waals surface area contributed by atoms with Crippen LogP contribution in [0.15, 0.2) is 28.6 Å². The summed E-state index contributed by atoms with van der Waals surface area (Å²) in [6.07, 6.45) is 2.12. The Morgan fingerprint density at radius 1 is 1.29 bits per heavy atom. The van der Waals surface area contributed by atoms with Crippen molar-refractivity contribution in [2.75, 3.05) is 11.9 Å². The van der Waals surface area contributed by atoms with Gasteiger partial charge in [-0.25, -0.2) is 4.79 Å². The van der Waals surface area contributed by atoms with E-state index in [0.717, 1.165) is 16.9 Å². The Morgan fingerprint density at radius 2 is 2.03 bits per heavy atom. The van der Waals surface area contributed by atoms with E-state index in [2.05, 4.69) is 47.7 Å². The molecule has 9 nitrogen and oxygen atoms in total. The van der Waals surface area contributed by atoms with Gasteiger partial charge in [0, 0.05) is 5.75 Å². The summed E-state index contributed by atoms with van der Waals surface area (Å²) < 4.78 is 0.673. The lowest BCUT2D eigenvalue weighted by molar-refractivity contribution is -0.136. The van der Waals surface area contributed by atoms with Gasteiger partial charge in [-0.3, -0.25) is 19.8 Å². The van der Waals surface area contributed by atoms with Gasteiger partial charge in [0.05, 0.1) is 11.6 Å². The van der Waals surface area contributed by atoms with Crippen molar-refractivity contribution in [1.82, 2.24) is 20.4 Å². The molecule has 178 valence electrons. The summed E-state index contributed by atoms with van der Waals surface area (Å²) in [5, 5.41) is 22.8. The molecule has 1 aliphatic carbocycles. The third-order valence-electron chi connectivity index (χ3n) is 6.02. The van der Waals surface area contributed by atoms with Crippen LogP contribution < -0.4 is 10.6 Å². The van der Waals surface area contributed by atoms with Crippen LogP contribution in [0.4, 0.5) is 9.93 Å². The molecule has 2 heterocycles. The lowest BCUT2D eigenvalue weighted by Crippen LogP contribution is -2.54. The molecule has 4 rings (SSSR count). The lowest BCUT2D eigenvalue weighted by Gasteiger charge is -2.43. The van der Waals surface area contributed by atoms with Gasteiger partial charge < -0.3 is 5.32 Å². The number of rotatable bonds is 6. The number of benzene rings is 1. The van der Waals surface area contributed by atoms with Gasteiger partial charge in [-0.1, -0.05) is 56.0 Å². The minimum atomic E-state index is -0.934. The van der Waals surface area contributed by atoms with Gasteiger partial charge in [0.2, 0.25) is 11.0 Å². The monoisotopic (exact) mass is 498 g/mol. The summed E-state index contributed by atoms with van der Waals surface area (Å²) >= 11 is 2.69. The number of carbonyl (C=O) groups excluding carboxylic acids is 3. The average Bonchev–Trinajstić information content (AvgIpc) is 3.29. The van der Waals surface area contributed by atoms with E-state index < -0.39 is 17.5 Å². The number of imide groups is 1. The van der Waals surface area contributed by atoms with Crippen LogP contribution in [0.5, 0.6) is 0 Å². The highest BCUT2D eigenvalue weighted by molar-refractivity contribution is 8.00. The van der Waals surface area contributed by atoms with Gasteiger partial charge in [0.1, 0.15) is 12.1 Å². The smallest absolute Gasteiger partial charge is 0.323 e. The molecule has 0 unspecified atom stereocenters. The molecule has 0 radical (unpaired) electrons. The second-order valence-corrected chi connectivity index (χ2v) is 12.0. The highest BCUT2D eigenvalue weighted by Gasteiger charge is 2.56. The van der Waals surface area contributed by atoms with Gasteiger partial charge in [-0.2, -0.15) is 5.26 Å². The van der Waals surface area contributed by atoms with Crippen molar-refractivity contribution in [3.8, 4) is 6.07 Å². The number of amides is 4. The summed E-state index contributed by atoms with van der Waals surface area (Å²) in [5.74, 6) is 0.114. The topological polar surface area (TPSA) is 128 Å². The maximum Gasteiger partial charge on any atom is 0.325 e. The van der Waals surface area contributed by atoms with E-state index in [1.54, 1.807) is 12.1 Å². The molecular formula is C23H26N6O3S2. The number of nitriles is 1. The number of carbonyl (C=O) groups is 3. The van der Waals surface area contributed by atoms with Crippen LogP contribution in [0.25, 0.3) is 0 Å². The van der Waals surface area contributed by atoms with Crippen molar-refractivity contribution in [2.24, 2.45) is 11.3 Å². The molecule has 2 fully saturated rings. The number of nitrogens with zero attached hydrogens (tertiary/aromatic N) is 4. The fraction of sp³-hybridized carbons (Fsp3) is 0.478. The summed E-state index contributed by atoms with van der Waals surface area (Å²) in [7, 11) is 0. The molecule has 2 aromatic rings. The number of thioether (sulfide) groups is 1. The molecule has 1 saturated carbocycles. The molecule has 1 spiro atoms. The molecule has 1 aliphatic heterocycles. The SMILES string of the molecule is C[C@H]1CC(C)(C)C[C@@]2(C1)NC(=O)N(CC(=O)Nc1nnc(SCc3ccc(C#N)cc3)s1)C2=O. The maximum absolute atomic E-state index is 13.2. The van der Waals surface area contributed by atoms with Crippen molar-refractivity contribution in [3.63, 3.8) is 0 Å². The average molecular weight is 499 g/mol. The quantitative estimate of drug-likeness (QED) is 0.352. The first-order chi connectivity index (χ1) is 16.1. The van der Waals surface area contributed by atoms with Crippen molar-refractivity contribution < 1.29 is 14.4 Å².